The lowest BCUT2D eigenvalue weighted by molar-refractivity contribution is 0.0948. The topological polar surface area (TPSA) is 124 Å². The van der Waals surface area contributed by atoms with Crippen molar-refractivity contribution >= 4 is 22.6 Å². The lowest BCUT2D eigenvalue weighted by Crippen LogP contribution is -2.35. The number of carbonyl (C=O) groups excluding carboxylic acids is 1. The van der Waals surface area contributed by atoms with Crippen LogP contribution in [0.1, 0.15) is 27.2 Å². The Bertz CT molecular complexity index is 1770. The average Bonchev–Trinajstić information content (AvgIpc) is 3.57. The number of aromatic nitrogens is 3. The summed E-state index contributed by atoms with van der Waals surface area (Å²) in [5, 5.41) is 11.9. The molecule has 0 fully saturated rings. The largest absolute Gasteiger partial charge is 0.467 e. The van der Waals surface area contributed by atoms with Crippen LogP contribution >= 0.6 is 0 Å². The molecule has 0 bridgehead atoms. The number of aryl methyl sites for hydroxylation is 1. The number of ether oxygens (including phenoxy) is 2. The summed E-state index contributed by atoms with van der Waals surface area (Å²) >= 11 is 0. The van der Waals surface area contributed by atoms with Crippen molar-refractivity contribution in [3.8, 4) is 11.5 Å². The number of rotatable bonds is 5. The fourth-order valence-corrected chi connectivity index (χ4v) is 4.31. The number of furan rings is 1. The summed E-state index contributed by atoms with van der Waals surface area (Å²) in [4.78, 5) is 31.4. The summed E-state index contributed by atoms with van der Waals surface area (Å²) in [6.45, 7) is 2.38. The molecule has 0 aliphatic carbocycles. The lowest BCUT2D eigenvalue weighted by Gasteiger charge is -2.14. The molecular weight excluding hydrogens is 462 g/mol. The number of pyridine rings is 2. The highest BCUT2D eigenvalue weighted by atomic mass is 16.7. The maximum Gasteiger partial charge on any atom is 0.267 e. The molecule has 1 aromatic carbocycles. The van der Waals surface area contributed by atoms with Gasteiger partial charge in [0.05, 0.1) is 23.8 Å². The molecule has 1 amide bonds. The standard InChI is InChI=1S/C26H21N5O5/c1-15-4-2-8-30-23(15)29-24-19(26(30)33)11-18(22(27)31(24)13-17-5-3-9-34-17)25(32)28-12-16-6-7-20-21(10-16)36-14-35-20/h2-11,27H,12-14H2,1H3,(H,28,32). The van der Waals surface area contributed by atoms with Crippen molar-refractivity contribution in [1.29, 1.82) is 5.41 Å². The Morgan fingerprint density at radius 2 is 1.97 bits per heavy atom. The highest BCUT2D eigenvalue weighted by molar-refractivity contribution is 5.96. The van der Waals surface area contributed by atoms with Gasteiger partial charge in [-0.05, 0) is 54.4 Å². The third-order valence-electron chi connectivity index (χ3n) is 6.16. The molecule has 4 aromatic heterocycles. The Hall–Kier alpha value is -4.86. The first kappa shape index (κ1) is 21.7. The average molecular weight is 483 g/mol. The Balaban J connectivity index is 1.45. The van der Waals surface area contributed by atoms with E-state index in [0.717, 1.165) is 11.1 Å². The maximum atomic E-state index is 13.4. The second-order valence-corrected chi connectivity index (χ2v) is 8.48. The second-order valence-electron chi connectivity index (χ2n) is 8.48. The minimum absolute atomic E-state index is 0.0568. The first-order valence-electron chi connectivity index (χ1n) is 11.3. The minimum Gasteiger partial charge on any atom is -0.467 e. The van der Waals surface area contributed by atoms with Crippen LogP contribution in [-0.4, -0.2) is 26.7 Å². The fraction of sp³-hybridized carbons (Fsp3) is 0.154. The molecule has 10 nitrogen and oxygen atoms in total. The zero-order valence-electron chi connectivity index (χ0n) is 19.3. The molecule has 10 heteroatoms. The number of carbonyl (C=O) groups is 1. The van der Waals surface area contributed by atoms with Gasteiger partial charge in [-0.2, -0.15) is 0 Å². The fourth-order valence-electron chi connectivity index (χ4n) is 4.31. The quantitative estimate of drug-likeness (QED) is 0.371. The van der Waals surface area contributed by atoms with Crippen LogP contribution in [0.4, 0.5) is 0 Å². The van der Waals surface area contributed by atoms with Crippen LogP contribution in [0.15, 0.2) is 70.2 Å². The van der Waals surface area contributed by atoms with E-state index in [4.69, 9.17) is 24.3 Å². The molecule has 0 saturated heterocycles. The Kier molecular flexibility index (Phi) is 5.06. The number of fused-ring (bicyclic) bond motifs is 3. The number of nitrogens with one attached hydrogen (secondary N) is 2. The van der Waals surface area contributed by atoms with Gasteiger partial charge in [0.2, 0.25) is 6.79 Å². The van der Waals surface area contributed by atoms with Gasteiger partial charge in [0, 0.05) is 12.7 Å². The molecule has 5 aromatic rings. The van der Waals surface area contributed by atoms with Crippen molar-refractivity contribution < 1.29 is 18.7 Å². The van der Waals surface area contributed by atoms with Gasteiger partial charge in [-0.25, -0.2) is 4.98 Å². The van der Waals surface area contributed by atoms with E-state index in [2.05, 4.69) is 5.32 Å². The zero-order chi connectivity index (χ0) is 24.8. The number of hydrogen-bond donors (Lipinski definition) is 2. The van der Waals surface area contributed by atoms with E-state index < -0.39 is 5.91 Å². The normalized spacial score (nSPS) is 12.4. The minimum atomic E-state index is -0.485. The molecule has 1 aliphatic rings. The summed E-state index contributed by atoms with van der Waals surface area (Å²) in [6, 6.07) is 14.0. The van der Waals surface area contributed by atoms with Gasteiger partial charge in [-0.3, -0.25) is 19.4 Å². The smallest absolute Gasteiger partial charge is 0.267 e. The van der Waals surface area contributed by atoms with Crippen LogP contribution in [0.25, 0.3) is 16.7 Å². The maximum absolute atomic E-state index is 13.4. The highest BCUT2D eigenvalue weighted by Gasteiger charge is 2.19. The zero-order valence-corrected chi connectivity index (χ0v) is 19.3. The number of amides is 1. The first-order chi connectivity index (χ1) is 17.5. The van der Waals surface area contributed by atoms with Gasteiger partial charge >= 0.3 is 0 Å². The lowest BCUT2D eigenvalue weighted by atomic mass is 10.1. The van der Waals surface area contributed by atoms with E-state index in [1.165, 1.54) is 21.3 Å². The van der Waals surface area contributed by atoms with Crippen LogP contribution in [0.3, 0.4) is 0 Å². The molecule has 180 valence electrons. The highest BCUT2D eigenvalue weighted by Crippen LogP contribution is 2.32. The predicted molar refractivity (Wildman–Crippen MR) is 129 cm³/mol. The molecule has 6 rings (SSSR count). The molecule has 1 aliphatic heterocycles. The van der Waals surface area contributed by atoms with Gasteiger partial charge in [-0.1, -0.05) is 12.1 Å². The van der Waals surface area contributed by atoms with E-state index in [0.29, 0.717) is 28.6 Å². The summed E-state index contributed by atoms with van der Waals surface area (Å²) in [7, 11) is 0. The van der Waals surface area contributed by atoms with E-state index in [-0.39, 0.29) is 41.9 Å². The molecule has 5 heterocycles. The Morgan fingerprint density at radius 3 is 2.81 bits per heavy atom. The summed E-state index contributed by atoms with van der Waals surface area (Å²) in [5.41, 5.74) is 2.08. The molecule has 0 radical (unpaired) electrons. The molecular formula is C26H21N5O5. The molecule has 2 N–H and O–H groups in total. The van der Waals surface area contributed by atoms with E-state index in [9.17, 15) is 9.59 Å². The van der Waals surface area contributed by atoms with Crippen molar-refractivity contribution in [2.75, 3.05) is 6.79 Å². The van der Waals surface area contributed by atoms with Crippen LogP contribution in [-0.2, 0) is 13.1 Å². The molecule has 0 saturated carbocycles. The van der Waals surface area contributed by atoms with Crippen molar-refractivity contribution in [2.24, 2.45) is 0 Å². The molecule has 0 atom stereocenters. The van der Waals surface area contributed by atoms with Crippen molar-refractivity contribution in [3.05, 3.63) is 99.3 Å². The van der Waals surface area contributed by atoms with Gasteiger partial charge < -0.3 is 23.8 Å². The van der Waals surface area contributed by atoms with Gasteiger partial charge in [0.1, 0.15) is 22.5 Å². The predicted octanol–water partition coefficient (Wildman–Crippen LogP) is 2.74. The third kappa shape index (κ3) is 3.59. The SMILES string of the molecule is Cc1cccn2c(=O)c3cc(C(=O)NCc4ccc5c(c4)OCO5)c(=N)n(Cc4ccco4)c3nc12. The summed E-state index contributed by atoms with van der Waals surface area (Å²) in [6.07, 6.45) is 3.17. The number of nitrogens with zero attached hydrogens (tertiary/aromatic N) is 3. The van der Waals surface area contributed by atoms with Crippen molar-refractivity contribution in [1.82, 2.24) is 19.3 Å². The summed E-state index contributed by atoms with van der Waals surface area (Å²) < 4.78 is 19.2. The monoisotopic (exact) mass is 483 g/mol. The van der Waals surface area contributed by atoms with E-state index >= 15 is 0 Å². The molecule has 0 unspecified atom stereocenters. The van der Waals surface area contributed by atoms with Crippen LogP contribution < -0.4 is 25.8 Å². The third-order valence-corrected chi connectivity index (χ3v) is 6.16. The molecule has 36 heavy (non-hydrogen) atoms. The summed E-state index contributed by atoms with van der Waals surface area (Å²) in [5.74, 6) is 1.36. The van der Waals surface area contributed by atoms with Crippen LogP contribution in [0.2, 0.25) is 0 Å². The van der Waals surface area contributed by atoms with Crippen molar-refractivity contribution in [2.45, 2.75) is 20.0 Å². The first-order valence-corrected chi connectivity index (χ1v) is 11.3. The number of hydrogen-bond acceptors (Lipinski definition) is 7. The number of benzene rings is 1. The Morgan fingerprint density at radius 1 is 1.11 bits per heavy atom. The van der Waals surface area contributed by atoms with Crippen LogP contribution in [0, 0.1) is 12.3 Å². The van der Waals surface area contributed by atoms with E-state index in [1.54, 1.807) is 36.5 Å². The second kappa shape index (κ2) is 8.42. The van der Waals surface area contributed by atoms with Gasteiger partial charge in [-0.15, -0.1) is 0 Å². The van der Waals surface area contributed by atoms with Gasteiger partial charge in [0.25, 0.3) is 11.5 Å². The van der Waals surface area contributed by atoms with E-state index in [1.807, 2.05) is 19.1 Å². The van der Waals surface area contributed by atoms with Gasteiger partial charge in [0.15, 0.2) is 11.5 Å². The molecule has 0 spiro atoms. The van der Waals surface area contributed by atoms with Crippen molar-refractivity contribution in [3.63, 3.8) is 0 Å². The Labute approximate surface area is 203 Å². The van der Waals surface area contributed by atoms with Crippen LogP contribution in [0.5, 0.6) is 11.5 Å².